The smallest absolute Gasteiger partial charge is 0.263 e. The first-order valence-electron chi connectivity index (χ1n) is 9.41. The Labute approximate surface area is 166 Å². The summed E-state index contributed by atoms with van der Waals surface area (Å²) in [7, 11) is 1.46. The lowest BCUT2D eigenvalue weighted by atomic mass is 9.76. The first kappa shape index (κ1) is 18.8. The molecule has 0 aromatic rings. The number of aliphatic hydroxyl groups is 3. The summed E-state index contributed by atoms with van der Waals surface area (Å²) in [6.45, 7) is 4.67. The van der Waals surface area contributed by atoms with Gasteiger partial charge in [0.25, 0.3) is 11.8 Å². The number of hydrogen-bond donors (Lipinski definition) is 3. The highest BCUT2D eigenvalue weighted by Crippen LogP contribution is 2.68. The number of thioether (sulfide) groups is 1. The average molecular weight is 412 g/mol. The zero-order valence-electron chi connectivity index (χ0n) is 16.1. The van der Waals surface area contributed by atoms with Crippen LogP contribution in [0.15, 0.2) is 0 Å². The third kappa shape index (κ3) is 1.53. The van der Waals surface area contributed by atoms with Crippen molar-refractivity contribution in [3.63, 3.8) is 0 Å². The summed E-state index contributed by atoms with van der Waals surface area (Å²) in [4.78, 5) is 39.2. The van der Waals surface area contributed by atoms with Gasteiger partial charge in [0.05, 0.1) is 24.2 Å². The van der Waals surface area contributed by atoms with Crippen LogP contribution < -0.4 is 0 Å². The highest BCUT2D eigenvalue weighted by molar-refractivity contribution is 8.04. The Kier molecular flexibility index (Phi) is 3.19. The van der Waals surface area contributed by atoms with Crippen LogP contribution in [0.25, 0.3) is 0 Å². The number of Topliss-reactive ketones (excluding diaryl/α,β-unsaturated/α-hetero) is 1. The largest absolute Gasteiger partial charge is 0.392 e. The van der Waals surface area contributed by atoms with E-state index in [1.54, 1.807) is 20.8 Å². The monoisotopic (exact) mass is 412 g/mol. The topological polar surface area (TPSA) is 128 Å². The number of ether oxygens (including phenoxy) is 1. The third-order valence-corrected chi connectivity index (χ3v) is 9.64. The van der Waals surface area contributed by atoms with E-state index in [1.165, 1.54) is 16.8 Å². The van der Waals surface area contributed by atoms with Crippen molar-refractivity contribution in [2.45, 2.75) is 72.8 Å². The molecule has 154 valence electrons. The fourth-order valence-electron chi connectivity index (χ4n) is 5.96. The molecule has 1 aliphatic carbocycles. The molecule has 28 heavy (non-hydrogen) atoms. The van der Waals surface area contributed by atoms with Crippen molar-refractivity contribution in [2.24, 2.45) is 5.41 Å². The highest BCUT2D eigenvalue weighted by atomic mass is 32.2. The highest BCUT2D eigenvalue weighted by Gasteiger charge is 2.86. The van der Waals surface area contributed by atoms with Gasteiger partial charge < -0.3 is 29.9 Å². The van der Waals surface area contributed by atoms with Crippen LogP contribution in [0.1, 0.15) is 33.6 Å². The van der Waals surface area contributed by atoms with Gasteiger partial charge in [-0.05, 0) is 6.92 Å². The molecule has 2 bridgehead atoms. The summed E-state index contributed by atoms with van der Waals surface area (Å²) >= 11 is 1.02. The van der Waals surface area contributed by atoms with Crippen LogP contribution >= 0.6 is 11.8 Å². The maximum Gasteiger partial charge on any atom is 0.263 e. The Morgan fingerprint density at radius 2 is 1.89 bits per heavy atom. The van der Waals surface area contributed by atoms with E-state index in [2.05, 4.69) is 0 Å². The Balaban J connectivity index is 1.62. The second-order valence-electron chi connectivity index (χ2n) is 9.36. The van der Waals surface area contributed by atoms with Crippen molar-refractivity contribution in [2.75, 3.05) is 13.7 Å². The van der Waals surface area contributed by atoms with Gasteiger partial charge in [-0.1, -0.05) is 25.6 Å². The molecule has 0 aromatic heterocycles. The Bertz CT molecular complexity index is 850. The number of piperazine rings is 1. The molecule has 0 aromatic carbocycles. The number of amides is 2. The van der Waals surface area contributed by atoms with Crippen LogP contribution in [0.2, 0.25) is 0 Å². The summed E-state index contributed by atoms with van der Waals surface area (Å²) in [5, 5.41) is 32.5. The van der Waals surface area contributed by atoms with E-state index < -0.39 is 57.1 Å². The maximum absolute atomic E-state index is 13.3. The molecule has 4 saturated heterocycles. The van der Waals surface area contributed by atoms with Crippen molar-refractivity contribution in [1.82, 2.24) is 9.80 Å². The summed E-state index contributed by atoms with van der Waals surface area (Å²) in [5.74, 6) is -1.17. The van der Waals surface area contributed by atoms with Crippen LogP contribution in [-0.4, -0.2) is 95.6 Å². The maximum atomic E-state index is 13.3. The number of hydrogen-bond acceptors (Lipinski definition) is 8. The fraction of sp³-hybridized carbons (Fsp3) is 0.833. The van der Waals surface area contributed by atoms with Gasteiger partial charge in [0.2, 0.25) is 0 Å². The Hall–Kier alpha value is -1.20. The number of ketones is 1. The molecule has 1 saturated carbocycles. The second kappa shape index (κ2) is 4.75. The van der Waals surface area contributed by atoms with Crippen LogP contribution in [0.4, 0.5) is 0 Å². The molecule has 4 aliphatic heterocycles. The van der Waals surface area contributed by atoms with Gasteiger partial charge in [0.1, 0.15) is 11.7 Å². The van der Waals surface area contributed by atoms with E-state index in [0.29, 0.717) is 0 Å². The van der Waals surface area contributed by atoms with Gasteiger partial charge in [-0.15, -0.1) is 0 Å². The number of nitrogens with zero attached hydrogens (tertiary/aromatic N) is 2. The van der Waals surface area contributed by atoms with Crippen LogP contribution in [0, 0.1) is 5.41 Å². The Morgan fingerprint density at radius 1 is 1.25 bits per heavy atom. The lowest BCUT2D eigenvalue weighted by molar-refractivity contribution is -0.166. The van der Waals surface area contributed by atoms with E-state index in [-0.39, 0.29) is 24.5 Å². The van der Waals surface area contributed by atoms with Crippen LogP contribution in [-0.2, 0) is 19.1 Å². The van der Waals surface area contributed by atoms with E-state index in [4.69, 9.17) is 4.74 Å². The normalized spacial score (nSPS) is 53.7. The number of carbonyl (C=O) groups excluding carboxylic acids is 3. The predicted molar refractivity (Wildman–Crippen MR) is 95.8 cm³/mol. The molecule has 3 N–H and O–H groups in total. The Morgan fingerprint density at radius 3 is 2.43 bits per heavy atom. The molecule has 7 unspecified atom stereocenters. The molecule has 5 fully saturated rings. The van der Waals surface area contributed by atoms with Gasteiger partial charge in [0, 0.05) is 19.9 Å². The first-order valence-corrected chi connectivity index (χ1v) is 10.2. The quantitative estimate of drug-likeness (QED) is 0.472. The first-order chi connectivity index (χ1) is 12.8. The van der Waals surface area contributed by atoms with Gasteiger partial charge in [-0.2, -0.15) is 0 Å². The average Bonchev–Trinajstić information content (AvgIpc) is 3.24. The molecular weight excluding hydrogens is 388 g/mol. The number of fused-ring (bicyclic) bond motifs is 3. The molecule has 2 spiro atoms. The standard InChI is InChI=1S/C18H24N2O7S/c1-8-14(2,3)10(22)16(27-8)5-9-15(26,11(16)23)6-17-12(24)19(4)18(7-21,28-17)13(25)20(9)17/h8-9,11,21,23,26H,5-7H2,1-4H3. The predicted octanol–water partition coefficient (Wildman–Crippen LogP) is -1.56. The molecule has 4 heterocycles. The van der Waals surface area contributed by atoms with Crippen molar-refractivity contribution >= 4 is 29.4 Å². The fourth-order valence-corrected chi connectivity index (χ4v) is 7.82. The molecule has 9 nitrogen and oxygen atoms in total. The molecule has 7 atom stereocenters. The van der Waals surface area contributed by atoms with Gasteiger partial charge in [-0.25, -0.2) is 0 Å². The van der Waals surface area contributed by atoms with Crippen molar-refractivity contribution < 1.29 is 34.4 Å². The van der Waals surface area contributed by atoms with Crippen LogP contribution in [0.3, 0.4) is 0 Å². The lowest BCUT2D eigenvalue weighted by Gasteiger charge is -2.40. The summed E-state index contributed by atoms with van der Waals surface area (Å²) in [6, 6.07) is -0.946. The lowest BCUT2D eigenvalue weighted by Crippen LogP contribution is -2.64. The van der Waals surface area contributed by atoms with Crippen molar-refractivity contribution in [3.05, 3.63) is 0 Å². The third-order valence-electron chi connectivity index (χ3n) is 7.87. The molecule has 10 heteroatoms. The van der Waals surface area contributed by atoms with Crippen molar-refractivity contribution in [1.29, 1.82) is 0 Å². The van der Waals surface area contributed by atoms with Gasteiger partial charge in [-0.3, -0.25) is 14.4 Å². The summed E-state index contributed by atoms with van der Waals surface area (Å²) < 4.78 is 5.96. The second-order valence-corrected chi connectivity index (χ2v) is 10.9. The van der Waals surface area contributed by atoms with E-state index >= 15 is 0 Å². The molecule has 0 radical (unpaired) electrons. The minimum absolute atomic E-state index is 0.0795. The molecule has 2 amide bonds. The molecular formula is C18H24N2O7S. The number of likely N-dealkylation sites (N-methyl/N-ethyl adjacent to an activating group) is 1. The minimum Gasteiger partial charge on any atom is -0.392 e. The SMILES string of the molecule is CC1OC2(CC3N4C(=O)C5(CO)SC4(CC3(O)C2O)C(=O)N5C)C(=O)C1(C)C. The van der Waals surface area contributed by atoms with Crippen LogP contribution in [0.5, 0.6) is 0 Å². The molecule has 5 rings (SSSR count). The van der Waals surface area contributed by atoms with E-state index in [0.717, 1.165) is 11.8 Å². The summed E-state index contributed by atoms with van der Waals surface area (Å²) in [5.41, 5.74) is -4.31. The molecule has 5 aliphatic rings. The zero-order chi connectivity index (χ0) is 20.7. The zero-order valence-corrected chi connectivity index (χ0v) is 16.9. The van der Waals surface area contributed by atoms with Crippen molar-refractivity contribution in [3.8, 4) is 0 Å². The minimum atomic E-state index is -1.85. The van der Waals surface area contributed by atoms with E-state index in [1.807, 2.05) is 0 Å². The number of carbonyl (C=O) groups is 3. The summed E-state index contributed by atoms with van der Waals surface area (Å²) in [6.07, 6.45) is -2.32. The number of rotatable bonds is 1. The van der Waals surface area contributed by atoms with Gasteiger partial charge >= 0.3 is 0 Å². The number of aliphatic hydroxyl groups excluding tert-OH is 2. The van der Waals surface area contributed by atoms with Gasteiger partial charge in [0.15, 0.2) is 21.1 Å². The van der Waals surface area contributed by atoms with E-state index in [9.17, 15) is 29.7 Å².